The summed E-state index contributed by atoms with van der Waals surface area (Å²) in [6, 6.07) is 15.9. The standard InChI is InChI=1S/C21H19NO5S/c1-13-8-10-15(11-9-13)28(23,24)27-22-20-14(2)26-21-17-7-5-4-6-16(17)19(25-3)12-18(20)21/h4-12,14H,1-3H3/b22-20-. The van der Waals surface area contributed by atoms with Crippen LogP contribution in [0.2, 0.25) is 0 Å². The van der Waals surface area contributed by atoms with E-state index < -0.39 is 16.2 Å². The summed E-state index contributed by atoms with van der Waals surface area (Å²) in [4.78, 5) is 0.0466. The predicted octanol–water partition coefficient (Wildman–Crippen LogP) is 4.05. The molecule has 28 heavy (non-hydrogen) atoms. The fourth-order valence-electron chi connectivity index (χ4n) is 3.21. The summed E-state index contributed by atoms with van der Waals surface area (Å²) in [5.41, 5.74) is 2.01. The van der Waals surface area contributed by atoms with Crippen LogP contribution in [0.25, 0.3) is 10.8 Å². The Kier molecular flexibility index (Phi) is 4.47. The summed E-state index contributed by atoms with van der Waals surface area (Å²) in [6.07, 6.45) is -0.460. The predicted molar refractivity (Wildman–Crippen MR) is 107 cm³/mol. The van der Waals surface area contributed by atoms with E-state index in [-0.39, 0.29) is 4.90 Å². The van der Waals surface area contributed by atoms with Crippen molar-refractivity contribution in [2.75, 3.05) is 7.11 Å². The average Bonchev–Trinajstić information content (AvgIpc) is 3.01. The summed E-state index contributed by atoms with van der Waals surface area (Å²) >= 11 is 0. The van der Waals surface area contributed by atoms with E-state index in [9.17, 15) is 8.42 Å². The second kappa shape index (κ2) is 6.83. The van der Waals surface area contributed by atoms with E-state index in [1.807, 2.05) is 31.2 Å². The molecule has 0 aliphatic carbocycles. The van der Waals surface area contributed by atoms with Gasteiger partial charge in [-0.05, 0) is 32.0 Å². The van der Waals surface area contributed by atoms with Crippen molar-refractivity contribution in [3.63, 3.8) is 0 Å². The molecule has 3 aromatic carbocycles. The number of nitrogens with zero attached hydrogens (tertiary/aromatic N) is 1. The molecular weight excluding hydrogens is 378 g/mol. The van der Waals surface area contributed by atoms with E-state index in [1.165, 1.54) is 12.1 Å². The Hall–Kier alpha value is -3.06. The highest BCUT2D eigenvalue weighted by molar-refractivity contribution is 7.86. The lowest BCUT2D eigenvalue weighted by Crippen LogP contribution is -2.18. The number of hydrogen-bond acceptors (Lipinski definition) is 6. The molecule has 0 spiro atoms. The van der Waals surface area contributed by atoms with Crippen LogP contribution < -0.4 is 9.47 Å². The molecule has 1 unspecified atom stereocenters. The van der Waals surface area contributed by atoms with Crippen LogP contribution in [0.1, 0.15) is 18.1 Å². The van der Waals surface area contributed by atoms with Crippen LogP contribution in [0.4, 0.5) is 0 Å². The molecular formula is C21H19NO5S. The highest BCUT2D eigenvalue weighted by atomic mass is 32.2. The molecule has 0 fully saturated rings. The van der Waals surface area contributed by atoms with Gasteiger partial charge in [-0.1, -0.05) is 47.1 Å². The minimum absolute atomic E-state index is 0.0466. The third-order valence-electron chi connectivity index (χ3n) is 4.68. The van der Waals surface area contributed by atoms with Gasteiger partial charge in [-0.15, -0.1) is 0 Å². The highest BCUT2D eigenvalue weighted by Gasteiger charge is 2.31. The number of rotatable bonds is 4. The van der Waals surface area contributed by atoms with Crippen molar-refractivity contribution in [2.45, 2.75) is 24.8 Å². The first-order valence-electron chi connectivity index (χ1n) is 8.75. The van der Waals surface area contributed by atoms with Gasteiger partial charge in [-0.2, -0.15) is 8.42 Å². The van der Waals surface area contributed by atoms with Crippen LogP contribution in [0.15, 0.2) is 64.6 Å². The first kappa shape index (κ1) is 18.3. The fourth-order valence-corrected chi connectivity index (χ4v) is 3.95. The number of oxime groups is 1. The van der Waals surface area contributed by atoms with Gasteiger partial charge in [0.15, 0.2) is 0 Å². The van der Waals surface area contributed by atoms with Gasteiger partial charge in [0.05, 0.1) is 7.11 Å². The van der Waals surface area contributed by atoms with Crippen molar-refractivity contribution < 1.29 is 22.2 Å². The van der Waals surface area contributed by atoms with E-state index in [2.05, 4.69) is 5.16 Å². The normalized spacial score (nSPS) is 17.4. The molecule has 144 valence electrons. The number of fused-ring (bicyclic) bond motifs is 3. The van der Waals surface area contributed by atoms with Crippen LogP contribution >= 0.6 is 0 Å². The van der Waals surface area contributed by atoms with Crippen LogP contribution in [-0.2, 0) is 14.4 Å². The Bertz CT molecular complexity index is 1180. The molecule has 0 saturated carbocycles. The summed E-state index contributed by atoms with van der Waals surface area (Å²) in [5.74, 6) is 1.29. The van der Waals surface area contributed by atoms with Gasteiger partial charge >= 0.3 is 10.1 Å². The molecule has 6 nitrogen and oxygen atoms in total. The van der Waals surface area contributed by atoms with Crippen molar-refractivity contribution in [1.82, 2.24) is 0 Å². The zero-order valence-electron chi connectivity index (χ0n) is 15.7. The molecule has 0 N–H and O–H groups in total. The summed E-state index contributed by atoms with van der Waals surface area (Å²) in [6.45, 7) is 3.67. The lowest BCUT2D eigenvalue weighted by Gasteiger charge is -2.09. The lowest BCUT2D eigenvalue weighted by molar-refractivity contribution is 0.294. The number of aryl methyl sites for hydroxylation is 1. The Labute approximate surface area is 163 Å². The molecule has 1 heterocycles. The van der Waals surface area contributed by atoms with Crippen LogP contribution in [0, 0.1) is 6.92 Å². The maximum atomic E-state index is 12.5. The van der Waals surface area contributed by atoms with Crippen LogP contribution in [0.5, 0.6) is 11.5 Å². The summed E-state index contributed by atoms with van der Waals surface area (Å²) in [5, 5.41) is 5.72. The van der Waals surface area contributed by atoms with E-state index in [0.29, 0.717) is 22.8 Å². The molecule has 0 aromatic heterocycles. The molecule has 4 rings (SSSR count). The minimum atomic E-state index is -4.02. The van der Waals surface area contributed by atoms with Gasteiger partial charge < -0.3 is 9.47 Å². The van der Waals surface area contributed by atoms with Crippen molar-refractivity contribution >= 4 is 26.6 Å². The molecule has 3 aromatic rings. The molecule has 0 amide bonds. The maximum Gasteiger partial charge on any atom is 0.358 e. The number of methoxy groups -OCH3 is 1. The number of ether oxygens (including phenoxy) is 2. The molecule has 0 radical (unpaired) electrons. The average molecular weight is 397 g/mol. The quantitative estimate of drug-likeness (QED) is 0.621. The minimum Gasteiger partial charge on any atom is -0.496 e. The Balaban J connectivity index is 1.76. The Morgan fingerprint density at radius 3 is 2.39 bits per heavy atom. The van der Waals surface area contributed by atoms with Gasteiger partial charge in [0.1, 0.15) is 28.2 Å². The summed E-state index contributed by atoms with van der Waals surface area (Å²) in [7, 11) is -2.44. The SMILES string of the molecule is COc1cc2c(c3ccccc13)OC(C)/C2=N/OS(=O)(=O)c1ccc(C)cc1. The zero-order chi connectivity index (χ0) is 19.9. The zero-order valence-corrected chi connectivity index (χ0v) is 16.5. The van der Waals surface area contributed by atoms with E-state index in [1.54, 1.807) is 32.2 Å². The number of hydrogen-bond donors (Lipinski definition) is 0. The molecule has 1 aliphatic heterocycles. The van der Waals surface area contributed by atoms with Gasteiger partial charge in [0.2, 0.25) is 0 Å². The van der Waals surface area contributed by atoms with Crippen LogP contribution in [-0.4, -0.2) is 27.3 Å². The van der Waals surface area contributed by atoms with E-state index in [4.69, 9.17) is 13.8 Å². The smallest absolute Gasteiger partial charge is 0.358 e. The molecule has 1 atom stereocenters. The maximum absolute atomic E-state index is 12.5. The van der Waals surface area contributed by atoms with E-state index in [0.717, 1.165) is 16.3 Å². The van der Waals surface area contributed by atoms with Crippen molar-refractivity contribution in [3.05, 3.63) is 65.7 Å². The van der Waals surface area contributed by atoms with Crippen molar-refractivity contribution in [2.24, 2.45) is 5.16 Å². The molecule has 0 bridgehead atoms. The lowest BCUT2D eigenvalue weighted by atomic mass is 10.0. The third kappa shape index (κ3) is 3.07. The van der Waals surface area contributed by atoms with Gasteiger partial charge in [0.25, 0.3) is 0 Å². The topological polar surface area (TPSA) is 74.2 Å². The van der Waals surface area contributed by atoms with Crippen molar-refractivity contribution in [1.29, 1.82) is 0 Å². The monoisotopic (exact) mass is 397 g/mol. The second-order valence-electron chi connectivity index (χ2n) is 6.58. The molecule has 7 heteroatoms. The van der Waals surface area contributed by atoms with E-state index >= 15 is 0 Å². The first-order valence-corrected chi connectivity index (χ1v) is 10.2. The summed E-state index contributed by atoms with van der Waals surface area (Å²) < 4.78 is 41.4. The third-order valence-corrected chi connectivity index (χ3v) is 5.80. The first-order chi connectivity index (χ1) is 13.4. The van der Waals surface area contributed by atoms with Gasteiger partial charge in [-0.25, -0.2) is 0 Å². The van der Waals surface area contributed by atoms with Gasteiger partial charge in [0, 0.05) is 16.3 Å². The van der Waals surface area contributed by atoms with Crippen molar-refractivity contribution in [3.8, 4) is 11.5 Å². The molecule has 1 aliphatic rings. The number of benzene rings is 3. The highest BCUT2D eigenvalue weighted by Crippen LogP contribution is 2.41. The second-order valence-corrected chi connectivity index (χ2v) is 8.11. The Morgan fingerprint density at radius 2 is 1.71 bits per heavy atom. The Morgan fingerprint density at radius 1 is 1.04 bits per heavy atom. The van der Waals surface area contributed by atoms with Gasteiger partial charge in [-0.3, -0.25) is 4.28 Å². The molecule has 0 saturated heterocycles. The van der Waals surface area contributed by atoms with Crippen LogP contribution in [0.3, 0.4) is 0 Å². The largest absolute Gasteiger partial charge is 0.496 e. The fraction of sp³-hybridized carbons (Fsp3) is 0.190.